The lowest BCUT2D eigenvalue weighted by atomic mass is 10.2. The molecule has 0 amide bonds. The molecule has 0 aromatic rings. The van der Waals surface area contributed by atoms with E-state index >= 15 is 0 Å². The van der Waals surface area contributed by atoms with E-state index in [2.05, 4.69) is 0 Å². The van der Waals surface area contributed by atoms with Crippen molar-refractivity contribution < 1.29 is 4.79 Å². The molecule has 0 aliphatic rings. The van der Waals surface area contributed by atoms with Crippen LogP contribution in [0.4, 0.5) is 0 Å². The van der Waals surface area contributed by atoms with Crippen LogP contribution in [0.2, 0.25) is 0 Å². The fourth-order valence-electron chi connectivity index (χ4n) is 0.376. The second-order valence-electron chi connectivity index (χ2n) is 1.58. The minimum absolute atomic E-state index is 0.159. The summed E-state index contributed by atoms with van der Waals surface area (Å²) < 4.78 is 0. The average molecular weight is 114 g/mol. The third-order valence-electron chi connectivity index (χ3n) is 0.768. The van der Waals surface area contributed by atoms with Crippen LogP contribution in [0.3, 0.4) is 0 Å². The van der Waals surface area contributed by atoms with Gasteiger partial charge in [-0.25, -0.2) is 0 Å². The highest BCUT2D eigenvalue weighted by atomic mass is 16.1. The van der Waals surface area contributed by atoms with Crippen LogP contribution in [0, 0.1) is 5.41 Å². The SMILES string of the molecule is N=C(N)CCCC=O. The maximum absolute atomic E-state index is 9.68. The molecule has 0 fully saturated rings. The van der Waals surface area contributed by atoms with Crippen molar-refractivity contribution in [3.05, 3.63) is 0 Å². The van der Waals surface area contributed by atoms with E-state index in [9.17, 15) is 4.79 Å². The van der Waals surface area contributed by atoms with Crippen molar-refractivity contribution in [2.45, 2.75) is 19.3 Å². The summed E-state index contributed by atoms with van der Waals surface area (Å²) in [7, 11) is 0. The van der Waals surface area contributed by atoms with E-state index in [0.29, 0.717) is 19.3 Å². The molecule has 0 aromatic heterocycles. The Morgan fingerprint density at radius 2 is 2.38 bits per heavy atom. The number of carbonyl (C=O) groups excluding carboxylic acids is 1. The smallest absolute Gasteiger partial charge is 0.120 e. The molecule has 0 aliphatic carbocycles. The lowest BCUT2D eigenvalue weighted by Gasteiger charge is -1.90. The van der Waals surface area contributed by atoms with Crippen molar-refractivity contribution in [3.63, 3.8) is 0 Å². The Morgan fingerprint density at radius 1 is 1.75 bits per heavy atom. The first-order valence-corrected chi connectivity index (χ1v) is 2.54. The highest BCUT2D eigenvalue weighted by molar-refractivity contribution is 5.76. The molecule has 0 atom stereocenters. The van der Waals surface area contributed by atoms with Crippen LogP contribution in [0.25, 0.3) is 0 Å². The standard InChI is InChI=1S/C5H10N2O/c6-5(7)3-1-2-4-8/h4H,1-3H2,(H3,6,7). The van der Waals surface area contributed by atoms with E-state index in [4.69, 9.17) is 11.1 Å². The van der Waals surface area contributed by atoms with Gasteiger partial charge in [0, 0.05) is 12.8 Å². The fourth-order valence-corrected chi connectivity index (χ4v) is 0.376. The molecule has 0 saturated carbocycles. The number of amidine groups is 1. The zero-order valence-corrected chi connectivity index (χ0v) is 4.68. The molecule has 3 N–H and O–H groups in total. The quantitative estimate of drug-likeness (QED) is 0.239. The minimum Gasteiger partial charge on any atom is -0.388 e. The molecular formula is C5H10N2O. The zero-order chi connectivity index (χ0) is 6.41. The second-order valence-corrected chi connectivity index (χ2v) is 1.58. The van der Waals surface area contributed by atoms with Crippen molar-refractivity contribution in [2.75, 3.05) is 0 Å². The molecule has 0 radical (unpaired) electrons. The maximum atomic E-state index is 9.68. The summed E-state index contributed by atoms with van der Waals surface area (Å²) >= 11 is 0. The summed E-state index contributed by atoms with van der Waals surface area (Å²) in [5.74, 6) is 0.159. The number of hydrogen-bond acceptors (Lipinski definition) is 2. The summed E-state index contributed by atoms with van der Waals surface area (Å²) in [5.41, 5.74) is 5.00. The van der Waals surface area contributed by atoms with Crippen LogP contribution in [0.1, 0.15) is 19.3 Å². The molecule has 3 heteroatoms. The highest BCUT2D eigenvalue weighted by Gasteiger charge is 1.86. The van der Waals surface area contributed by atoms with Crippen LogP contribution in [0.15, 0.2) is 0 Å². The highest BCUT2D eigenvalue weighted by Crippen LogP contribution is 1.89. The van der Waals surface area contributed by atoms with Gasteiger partial charge < -0.3 is 10.5 Å². The molecule has 0 unspecified atom stereocenters. The lowest BCUT2D eigenvalue weighted by Crippen LogP contribution is -2.08. The molecule has 0 heterocycles. The summed E-state index contributed by atoms with van der Waals surface area (Å²) in [6.07, 6.45) is 2.60. The first kappa shape index (κ1) is 7.14. The Bertz CT molecular complexity index is 90.4. The van der Waals surface area contributed by atoms with Gasteiger partial charge in [-0.15, -0.1) is 0 Å². The van der Waals surface area contributed by atoms with E-state index < -0.39 is 0 Å². The first-order valence-electron chi connectivity index (χ1n) is 2.54. The van der Waals surface area contributed by atoms with Gasteiger partial charge in [-0.3, -0.25) is 5.41 Å². The molecule has 0 aliphatic heterocycles. The normalized spacial score (nSPS) is 8.50. The maximum Gasteiger partial charge on any atom is 0.120 e. The van der Waals surface area contributed by atoms with Gasteiger partial charge in [0.25, 0.3) is 0 Å². The summed E-state index contributed by atoms with van der Waals surface area (Å²) in [6.45, 7) is 0. The summed E-state index contributed by atoms with van der Waals surface area (Å²) in [5, 5.41) is 6.73. The van der Waals surface area contributed by atoms with Gasteiger partial charge in [0.1, 0.15) is 6.29 Å². The van der Waals surface area contributed by atoms with Crippen LogP contribution in [-0.2, 0) is 4.79 Å². The number of aldehydes is 1. The average Bonchev–Trinajstić information content (AvgIpc) is 1.66. The van der Waals surface area contributed by atoms with Crippen LogP contribution >= 0.6 is 0 Å². The molecule has 0 rings (SSSR count). The Labute approximate surface area is 48.4 Å². The largest absolute Gasteiger partial charge is 0.388 e. The van der Waals surface area contributed by atoms with Crippen LogP contribution in [0.5, 0.6) is 0 Å². The zero-order valence-electron chi connectivity index (χ0n) is 4.68. The van der Waals surface area contributed by atoms with Crippen molar-refractivity contribution in [3.8, 4) is 0 Å². The van der Waals surface area contributed by atoms with Gasteiger partial charge in [0.05, 0.1) is 5.84 Å². The van der Waals surface area contributed by atoms with E-state index in [1.54, 1.807) is 0 Å². The monoisotopic (exact) mass is 114 g/mol. The number of rotatable bonds is 4. The van der Waals surface area contributed by atoms with Crippen molar-refractivity contribution in [1.29, 1.82) is 5.41 Å². The van der Waals surface area contributed by atoms with Gasteiger partial charge in [0.15, 0.2) is 0 Å². The predicted octanol–water partition coefficient (Wildman–Crippen LogP) is 0.292. The molecule has 46 valence electrons. The Morgan fingerprint density at radius 3 is 2.75 bits per heavy atom. The Hall–Kier alpha value is -0.860. The first-order chi connectivity index (χ1) is 3.77. The van der Waals surface area contributed by atoms with E-state index in [0.717, 1.165) is 6.29 Å². The van der Waals surface area contributed by atoms with Gasteiger partial charge >= 0.3 is 0 Å². The predicted molar refractivity (Wildman–Crippen MR) is 31.8 cm³/mol. The van der Waals surface area contributed by atoms with E-state index in [-0.39, 0.29) is 5.84 Å². The topological polar surface area (TPSA) is 66.9 Å². The molecule has 0 bridgehead atoms. The Balaban J connectivity index is 2.93. The Kier molecular flexibility index (Phi) is 3.84. The molecule has 0 saturated heterocycles. The fraction of sp³-hybridized carbons (Fsp3) is 0.600. The molecular weight excluding hydrogens is 104 g/mol. The van der Waals surface area contributed by atoms with E-state index in [1.807, 2.05) is 0 Å². The minimum atomic E-state index is 0.159. The summed E-state index contributed by atoms with van der Waals surface area (Å²) in [6, 6.07) is 0. The van der Waals surface area contributed by atoms with Crippen molar-refractivity contribution in [1.82, 2.24) is 0 Å². The van der Waals surface area contributed by atoms with Gasteiger partial charge in [-0.2, -0.15) is 0 Å². The molecule has 3 nitrogen and oxygen atoms in total. The van der Waals surface area contributed by atoms with Crippen LogP contribution in [-0.4, -0.2) is 12.1 Å². The van der Waals surface area contributed by atoms with Gasteiger partial charge in [-0.05, 0) is 6.42 Å². The van der Waals surface area contributed by atoms with E-state index in [1.165, 1.54) is 0 Å². The number of unbranched alkanes of at least 4 members (excludes halogenated alkanes) is 1. The number of nitrogens with two attached hydrogens (primary N) is 1. The number of hydrogen-bond donors (Lipinski definition) is 2. The van der Waals surface area contributed by atoms with Crippen LogP contribution < -0.4 is 5.73 Å². The molecule has 0 aromatic carbocycles. The van der Waals surface area contributed by atoms with Gasteiger partial charge in [-0.1, -0.05) is 0 Å². The number of nitrogens with one attached hydrogen (secondary N) is 1. The van der Waals surface area contributed by atoms with Crippen molar-refractivity contribution >= 4 is 12.1 Å². The van der Waals surface area contributed by atoms with Gasteiger partial charge in [0.2, 0.25) is 0 Å². The number of carbonyl (C=O) groups is 1. The van der Waals surface area contributed by atoms with Crippen molar-refractivity contribution in [2.24, 2.45) is 5.73 Å². The second kappa shape index (κ2) is 4.30. The third-order valence-corrected chi connectivity index (χ3v) is 0.768. The third kappa shape index (κ3) is 5.14. The lowest BCUT2D eigenvalue weighted by molar-refractivity contribution is -0.107. The molecule has 8 heavy (non-hydrogen) atoms. The molecule has 0 spiro atoms. The summed E-state index contributed by atoms with van der Waals surface area (Å²) in [4.78, 5) is 9.68.